The summed E-state index contributed by atoms with van der Waals surface area (Å²) in [7, 11) is 2.00. The fraction of sp³-hybridized carbons (Fsp3) is 0.238. The second-order valence-corrected chi connectivity index (χ2v) is 8.20. The second-order valence-electron chi connectivity index (χ2n) is 7.78. The van der Waals surface area contributed by atoms with Crippen LogP contribution in [0.15, 0.2) is 59.2 Å². The molecule has 11 heteroatoms. The van der Waals surface area contributed by atoms with Crippen LogP contribution in [0.2, 0.25) is 0 Å². The number of likely N-dealkylation sites (N-methyl/N-ethyl adjacent to an activating group) is 1. The molecule has 0 unspecified atom stereocenters. The van der Waals surface area contributed by atoms with E-state index in [9.17, 15) is 20.2 Å². The standard InChI is InChI=1S/C21H20N6O4S/c1-24-11-15(10-13-2-6-16(7-3-13)26(28)29)19-18(12-24)20(25(23-19)21(22)32)14-4-8-17(9-5-14)27(30)31/h2-10,18,20H,11-12H2,1H3,(H2,22,32)/b15-10-/t18-,20+/m1/s1. The highest BCUT2D eigenvalue weighted by atomic mass is 32.1. The van der Waals surface area contributed by atoms with Crippen LogP contribution in [0.25, 0.3) is 6.08 Å². The number of nitro benzene ring substituents is 2. The third-order valence-electron chi connectivity index (χ3n) is 5.60. The zero-order valence-electron chi connectivity index (χ0n) is 17.1. The Bertz CT molecular complexity index is 1150. The second kappa shape index (κ2) is 8.44. The first-order valence-corrected chi connectivity index (χ1v) is 10.2. The molecule has 0 radical (unpaired) electrons. The number of likely N-dealkylation sites (tertiary alicyclic amines) is 1. The van der Waals surface area contributed by atoms with Crippen molar-refractivity contribution in [2.45, 2.75) is 6.04 Å². The van der Waals surface area contributed by atoms with E-state index in [1.54, 1.807) is 29.3 Å². The van der Waals surface area contributed by atoms with Crippen LogP contribution < -0.4 is 5.73 Å². The molecular weight excluding hydrogens is 432 g/mol. The van der Waals surface area contributed by atoms with Crippen LogP contribution in [0, 0.1) is 26.1 Å². The lowest BCUT2D eigenvalue weighted by molar-refractivity contribution is -0.385. The van der Waals surface area contributed by atoms with E-state index in [-0.39, 0.29) is 28.4 Å². The van der Waals surface area contributed by atoms with E-state index < -0.39 is 9.85 Å². The molecule has 2 N–H and O–H groups in total. The van der Waals surface area contributed by atoms with Gasteiger partial charge < -0.3 is 10.6 Å². The molecule has 2 aliphatic rings. The van der Waals surface area contributed by atoms with Crippen molar-refractivity contribution in [3.05, 3.63) is 85.5 Å². The van der Waals surface area contributed by atoms with Crippen molar-refractivity contribution in [3.63, 3.8) is 0 Å². The van der Waals surface area contributed by atoms with Gasteiger partial charge in [-0.1, -0.05) is 12.1 Å². The molecule has 2 heterocycles. The molecule has 4 rings (SSSR count). The van der Waals surface area contributed by atoms with E-state index in [0.29, 0.717) is 13.1 Å². The van der Waals surface area contributed by atoms with Gasteiger partial charge in [-0.25, -0.2) is 5.01 Å². The zero-order valence-corrected chi connectivity index (χ0v) is 17.9. The summed E-state index contributed by atoms with van der Waals surface area (Å²) < 4.78 is 0. The maximum Gasteiger partial charge on any atom is 0.269 e. The summed E-state index contributed by atoms with van der Waals surface area (Å²) in [5, 5.41) is 28.4. The van der Waals surface area contributed by atoms with Crippen LogP contribution >= 0.6 is 12.2 Å². The Morgan fingerprint density at radius 1 is 1.09 bits per heavy atom. The maximum atomic E-state index is 11.0. The van der Waals surface area contributed by atoms with Crippen molar-refractivity contribution in [3.8, 4) is 0 Å². The third kappa shape index (κ3) is 4.07. The quantitative estimate of drug-likeness (QED) is 0.425. The lowest BCUT2D eigenvalue weighted by atomic mass is 9.83. The number of piperidine rings is 1. The van der Waals surface area contributed by atoms with E-state index in [1.165, 1.54) is 24.3 Å². The van der Waals surface area contributed by atoms with Crippen molar-refractivity contribution in [1.29, 1.82) is 0 Å². The molecule has 0 saturated carbocycles. The number of non-ortho nitro benzene ring substituents is 2. The SMILES string of the molecule is CN1C/C(=C/c2ccc([N+](=O)[O-])cc2)C2=NN(C(N)=S)[C@@H](c3ccc([N+](=O)[O-])cc3)[C@@H]2C1. The van der Waals surface area contributed by atoms with E-state index in [1.807, 2.05) is 13.1 Å². The van der Waals surface area contributed by atoms with Gasteiger partial charge in [-0.3, -0.25) is 20.2 Å². The fourth-order valence-electron chi connectivity index (χ4n) is 4.20. The fourth-order valence-corrected chi connectivity index (χ4v) is 4.35. The van der Waals surface area contributed by atoms with Gasteiger partial charge in [0.05, 0.1) is 21.6 Å². The lowest BCUT2D eigenvalue weighted by Gasteiger charge is -2.34. The summed E-state index contributed by atoms with van der Waals surface area (Å²) in [4.78, 5) is 23.2. The molecule has 0 aliphatic carbocycles. The van der Waals surface area contributed by atoms with Gasteiger partial charge in [0, 0.05) is 43.3 Å². The molecule has 10 nitrogen and oxygen atoms in total. The normalized spacial score (nSPS) is 21.8. The molecule has 1 saturated heterocycles. The minimum atomic E-state index is -0.439. The molecule has 2 aromatic rings. The van der Waals surface area contributed by atoms with Gasteiger partial charge in [-0.05, 0) is 54.2 Å². The summed E-state index contributed by atoms with van der Waals surface area (Å²) in [5.74, 6) is -0.0546. The van der Waals surface area contributed by atoms with Crippen LogP contribution in [-0.2, 0) is 0 Å². The average molecular weight is 452 g/mol. The Balaban J connectivity index is 1.71. The zero-order chi connectivity index (χ0) is 23.0. The van der Waals surface area contributed by atoms with Crippen molar-refractivity contribution in [2.75, 3.05) is 20.1 Å². The predicted octanol–water partition coefficient (Wildman–Crippen LogP) is 3.10. The first-order valence-electron chi connectivity index (χ1n) is 9.80. The minimum Gasteiger partial charge on any atom is -0.375 e. The predicted molar refractivity (Wildman–Crippen MR) is 124 cm³/mol. The third-order valence-corrected chi connectivity index (χ3v) is 5.79. The molecule has 0 spiro atoms. The van der Waals surface area contributed by atoms with Crippen LogP contribution in [0.3, 0.4) is 0 Å². The summed E-state index contributed by atoms with van der Waals surface area (Å²) in [6, 6.07) is 12.4. The Kier molecular flexibility index (Phi) is 5.68. The smallest absolute Gasteiger partial charge is 0.269 e. The Hall–Kier alpha value is -3.70. The van der Waals surface area contributed by atoms with Crippen LogP contribution in [0.1, 0.15) is 17.2 Å². The van der Waals surface area contributed by atoms with E-state index >= 15 is 0 Å². The van der Waals surface area contributed by atoms with Gasteiger partial charge in [0.1, 0.15) is 0 Å². The molecule has 0 aromatic heterocycles. The maximum absolute atomic E-state index is 11.0. The largest absolute Gasteiger partial charge is 0.375 e. The number of nitrogens with zero attached hydrogens (tertiary/aromatic N) is 5. The van der Waals surface area contributed by atoms with Gasteiger partial charge >= 0.3 is 0 Å². The summed E-state index contributed by atoms with van der Waals surface area (Å²) in [5.41, 5.74) is 9.48. The number of benzene rings is 2. The minimum absolute atomic E-state index is 0.00859. The Morgan fingerprint density at radius 3 is 2.19 bits per heavy atom. The topological polar surface area (TPSA) is 131 Å². The molecule has 1 fully saturated rings. The molecular formula is C21H20N6O4S. The van der Waals surface area contributed by atoms with Crippen LogP contribution in [0.5, 0.6) is 0 Å². The van der Waals surface area contributed by atoms with Crippen LogP contribution in [-0.4, -0.2) is 50.7 Å². The van der Waals surface area contributed by atoms with Crippen molar-refractivity contribution < 1.29 is 9.85 Å². The lowest BCUT2D eigenvalue weighted by Crippen LogP contribution is -2.42. The van der Waals surface area contributed by atoms with Crippen LogP contribution in [0.4, 0.5) is 11.4 Å². The number of thiocarbonyl (C=S) groups is 1. The highest BCUT2D eigenvalue weighted by Gasteiger charge is 2.43. The van der Waals surface area contributed by atoms with Crippen molar-refractivity contribution in [2.24, 2.45) is 16.8 Å². The Labute approximate surface area is 188 Å². The number of hydrazone groups is 1. The van der Waals surface area contributed by atoms with Gasteiger partial charge in [0.15, 0.2) is 5.11 Å². The number of fused-ring (bicyclic) bond motifs is 1. The number of rotatable bonds is 4. The van der Waals surface area contributed by atoms with E-state index in [0.717, 1.165) is 22.4 Å². The monoisotopic (exact) mass is 452 g/mol. The molecule has 2 aromatic carbocycles. The average Bonchev–Trinajstić information content (AvgIpc) is 3.14. The summed E-state index contributed by atoms with van der Waals surface area (Å²) >= 11 is 5.25. The van der Waals surface area contributed by atoms with Gasteiger partial charge in [0.25, 0.3) is 11.4 Å². The van der Waals surface area contributed by atoms with E-state index in [4.69, 9.17) is 23.1 Å². The molecule has 0 amide bonds. The molecule has 164 valence electrons. The number of hydrogen-bond donors (Lipinski definition) is 1. The first-order chi connectivity index (χ1) is 15.2. The van der Waals surface area contributed by atoms with Crippen molar-refractivity contribution in [1.82, 2.24) is 9.91 Å². The molecule has 2 atom stereocenters. The summed E-state index contributed by atoms with van der Waals surface area (Å²) in [6.45, 7) is 1.35. The highest BCUT2D eigenvalue weighted by molar-refractivity contribution is 7.80. The highest BCUT2D eigenvalue weighted by Crippen LogP contribution is 2.41. The Morgan fingerprint density at radius 2 is 1.66 bits per heavy atom. The molecule has 32 heavy (non-hydrogen) atoms. The first kappa shape index (κ1) is 21.5. The summed E-state index contributed by atoms with van der Waals surface area (Å²) in [6.07, 6.45) is 1.96. The van der Waals surface area contributed by atoms with E-state index in [2.05, 4.69) is 4.90 Å². The molecule has 0 bridgehead atoms. The van der Waals surface area contributed by atoms with Gasteiger partial charge in [-0.15, -0.1) is 0 Å². The van der Waals surface area contributed by atoms with Gasteiger partial charge in [0.2, 0.25) is 0 Å². The van der Waals surface area contributed by atoms with Crippen molar-refractivity contribution >= 4 is 40.5 Å². The molecule has 2 aliphatic heterocycles. The number of nitrogens with two attached hydrogens (primary N) is 1. The van der Waals surface area contributed by atoms with Gasteiger partial charge in [-0.2, -0.15) is 5.10 Å². The number of hydrogen-bond acceptors (Lipinski definition) is 7. The number of nitro groups is 2.